The van der Waals surface area contributed by atoms with Gasteiger partial charge in [-0.2, -0.15) is 0 Å². The molecule has 21 heavy (non-hydrogen) atoms. The van der Waals surface area contributed by atoms with Gasteiger partial charge in [0.2, 0.25) is 5.13 Å². The Balaban J connectivity index is 1.73. The van der Waals surface area contributed by atoms with Crippen molar-refractivity contribution >= 4 is 45.5 Å². The third-order valence-corrected chi connectivity index (χ3v) is 6.45. The fourth-order valence-electron chi connectivity index (χ4n) is 2.47. The van der Waals surface area contributed by atoms with Gasteiger partial charge in [-0.05, 0) is 36.5 Å². The lowest BCUT2D eigenvalue weighted by atomic mass is 9.88. The van der Waals surface area contributed by atoms with Crippen molar-refractivity contribution in [2.45, 2.75) is 37.4 Å². The van der Waals surface area contributed by atoms with Crippen LogP contribution in [0.15, 0.2) is 9.72 Å². The maximum Gasteiger partial charge on any atom is 0.258 e. The zero-order valence-electron chi connectivity index (χ0n) is 12.0. The highest BCUT2D eigenvalue weighted by Crippen LogP contribution is 2.33. The van der Waals surface area contributed by atoms with Crippen molar-refractivity contribution in [3.8, 4) is 0 Å². The van der Waals surface area contributed by atoms with Crippen LogP contribution >= 0.6 is 34.4 Å². The summed E-state index contributed by atoms with van der Waals surface area (Å²) in [6, 6.07) is 0. The Morgan fingerprint density at radius 2 is 2.38 bits per heavy atom. The van der Waals surface area contributed by atoms with Crippen molar-refractivity contribution in [2.75, 3.05) is 11.1 Å². The zero-order chi connectivity index (χ0) is 14.8. The number of carbonyl (C=O) groups excluding carboxylic acids is 1. The number of thioether (sulfide) groups is 1. The van der Waals surface area contributed by atoms with E-state index in [2.05, 4.69) is 29.4 Å². The number of hydrogen-bond acceptors (Lipinski definition) is 6. The number of fused-ring (bicyclic) bond motifs is 1. The average molecular weight is 340 g/mol. The van der Waals surface area contributed by atoms with Crippen molar-refractivity contribution in [2.24, 2.45) is 5.92 Å². The van der Waals surface area contributed by atoms with Crippen LogP contribution in [0.5, 0.6) is 0 Å². The van der Waals surface area contributed by atoms with Gasteiger partial charge in [-0.25, -0.2) is 0 Å². The summed E-state index contributed by atoms with van der Waals surface area (Å²) in [7, 11) is 0. The number of nitrogens with one attached hydrogen (secondary N) is 1. The molecule has 1 aliphatic carbocycles. The molecule has 0 bridgehead atoms. The van der Waals surface area contributed by atoms with Crippen LogP contribution in [-0.4, -0.2) is 21.9 Å². The molecule has 0 aliphatic heterocycles. The lowest BCUT2D eigenvalue weighted by Gasteiger charge is -2.18. The molecule has 0 radical (unpaired) electrons. The number of hydrogen-bond donors (Lipinski definition) is 1. The maximum absolute atomic E-state index is 12.4. The molecule has 1 amide bonds. The number of thiophene rings is 1. The van der Waals surface area contributed by atoms with Gasteiger partial charge in [0.15, 0.2) is 4.34 Å². The molecule has 0 saturated heterocycles. The number of anilines is 1. The summed E-state index contributed by atoms with van der Waals surface area (Å²) in [5.74, 6) is 1.63. The number of amides is 1. The first-order chi connectivity index (χ1) is 10.2. The summed E-state index contributed by atoms with van der Waals surface area (Å²) in [6.07, 6.45) is 3.28. The second kappa shape index (κ2) is 6.46. The topological polar surface area (TPSA) is 54.9 Å². The van der Waals surface area contributed by atoms with Crippen LogP contribution in [-0.2, 0) is 12.8 Å². The lowest BCUT2D eigenvalue weighted by molar-refractivity contribution is 0.102. The van der Waals surface area contributed by atoms with E-state index in [4.69, 9.17) is 0 Å². The molecule has 7 heteroatoms. The van der Waals surface area contributed by atoms with E-state index in [1.54, 1.807) is 23.1 Å². The molecule has 112 valence electrons. The lowest BCUT2D eigenvalue weighted by Crippen LogP contribution is -2.16. The highest BCUT2D eigenvalue weighted by Gasteiger charge is 2.23. The molecule has 1 aliphatic rings. The first-order valence-corrected chi connectivity index (χ1v) is 9.72. The molecular formula is C14H17N3OS3. The Bertz CT molecular complexity index is 650. The van der Waals surface area contributed by atoms with E-state index in [1.807, 2.05) is 5.38 Å². The van der Waals surface area contributed by atoms with E-state index in [0.717, 1.165) is 34.4 Å². The highest BCUT2D eigenvalue weighted by molar-refractivity contribution is 8.01. The summed E-state index contributed by atoms with van der Waals surface area (Å²) in [6.45, 7) is 4.35. The molecule has 3 rings (SSSR count). The molecule has 1 atom stereocenters. The third kappa shape index (κ3) is 3.30. The molecule has 2 aromatic rings. The normalized spacial score (nSPS) is 17.5. The highest BCUT2D eigenvalue weighted by atomic mass is 32.2. The molecule has 2 aromatic heterocycles. The third-order valence-electron chi connectivity index (χ3n) is 3.54. The monoisotopic (exact) mass is 339 g/mol. The Kier molecular flexibility index (Phi) is 4.61. The summed E-state index contributed by atoms with van der Waals surface area (Å²) in [5.41, 5.74) is 2.06. The molecular weight excluding hydrogens is 322 g/mol. The van der Waals surface area contributed by atoms with Crippen LogP contribution < -0.4 is 5.32 Å². The summed E-state index contributed by atoms with van der Waals surface area (Å²) in [4.78, 5) is 13.8. The van der Waals surface area contributed by atoms with E-state index in [1.165, 1.54) is 28.2 Å². The van der Waals surface area contributed by atoms with Crippen LogP contribution in [0.1, 0.15) is 41.1 Å². The van der Waals surface area contributed by atoms with Gasteiger partial charge in [-0.3, -0.25) is 10.1 Å². The van der Waals surface area contributed by atoms with Crippen molar-refractivity contribution < 1.29 is 4.79 Å². The smallest absolute Gasteiger partial charge is 0.258 e. The molecule has 0 fully saturated rings. The molecule has 2 heterocycles. The summed E-state index contributed by atoms with van der Waals surface area (Å²) < 4.78 is 0.897. The predicted molar refractivity (Wildman–Crippen MR) is 89.8 cm³/mol. The largest absolute Gasteiger partial charge is 0.296 e. The van der Waals surface area contributed by atoms with E-state index in [9.17, 15) is 4.79 Å². The van der Waals surface area contributed by atoms with E-state index < -0.39 is 0 Å². The van der Waals surface area contributed by atoms with E-state index >= 15 is 0 Å². The van der Waals surface area contributed by atoms with E-state index in [0.29, 0.717) is 5.13 Å². The van der Waals surface area contributed by atoms with E-state index in [-0.39, 0.29) is 5.91 Å². The fourth-order valence-corrected chi connectivity index (χ4v) is 5.36. The summed E-state index contributed by atoms with van der Waals surface area (Å²) >= 11 is 4.78. The van der Waals surface area contributed by atoms with Crippen LogP contribution in [0.3, 0.4) is 0 Å². The number of aromatic nitrogens is 2. The molecule has 4 nitrogen and oxygen atoms in total. The van der Waals surface area contributed by atoms with Crippen molar-refractivity contribution in [3.05, 3.63) is 21.4 Å². The molecule has 0 spiro atoms. The van der Waals surface area contributed by atoms with Crippen LogP contribution in [0.25, 0.3) is 0 Å². The minimum absolute atomic E-state index is 0.0498. The fraction of sp³-hybridized carbons (Fsp3) is 0.500. The van der Waals surface area contributed by atoms with Crippen LogP contribution in [0.4, 0.5) is 5.13 Å². The Morgan fingerprint density at radius 1 is 1.52 bits per heavy atom. The number of carbonyl (C=O) groups is 1. The van der Waals surface area contributed by atoms with Gasteiger partial charge in [-0.1, -0.05) is 36.9 Å². The first-order valence-electron chi connectivity index (χ1n) is 7.04. The zero-order valence-corrected chi connectivity index (χ0v) is 14.5. The van der Waals surface area contributed by atoms with Crippen LogP contribution in [0, 0.1) is 5.92 Å². The average Bonchev–Trinajstić information content (AvgIpc) is 3.05. The van der Waals surface area contributed by atoms with Gasteiger partial charge in [0.25, 0.3) is 5.91 Å². The molecule has 0 unspecified atom stereocenters. The second-order valence-corrected chi connectivity index (χ2v) is 8.61. The van der Waals surface area contributed by atoms with Gasteiger partial charge >= 0.3 is 0 Å². The maximum atomic E-state index is 12.4. The summed E-state index contributed by atoms with van der Waals surface area (Å²) in [5, 5.41) is 13.5. The van der Waals surface area contributed by atoms with Gasteiger partial charge in [0.1, 0.15) is 0 Å². The van der Waals surface area contributed by atoms with Gasteiger partial charge in [-0.15, -0.1) is 21.5 Å². The van der Waals surface area contributed by atoms with Gasteiger partial charge < -0.3 is 0 Å². The minimum atomic E-state index is -0.0498. The van der Waals surface area contributed by atoms with Gasteiger partial charge in [0.05, 0.1) is 5.56 Å². The van der Waals surface area contributed by atoms with Crippen molar-refractivity contribution in [1.82, 2.24) is 10.2 Å². The quantitative estimate of drug-likeness (QED) is 0.673. The minimum Gasteiger partial charge on any atom is -0.296 e. The molecule has 0 saturated carbocycles. The second-order valence-electron chi connectivity index (χ2n) is 5.16. The molecule has 0 aromatic carbocycles. The van der Waals surface area contributed by atoms with Crippen LogP contribution in [0.2, 0.25) is 0 Å². The van der Waals surface area contributed by atoms with Gasteiger partial charge in [0, 0.05) is 10.3 Å². The van der Waals surface area contributed by atoms with Crippen molar-refractivity contribution in [1.29, 1.82) is 0 Å². The Morgan fingerprint density at radius 3 is 3.19 bits per heavy atom. The predicted octanol–water partition coefficient (Wildman–Crippen LogP) is 4.09. The SMILES string of the molecule is CCSc1nnc(NC(=O)c2csc3c2CC[C@H](C)C3)s1. The van der Waals surface area contributed by atoms with Crippen molar-refractivity contribution in [3.63, 3.8) is 0 Å². The number of rotatable bonds is 4. The number of nitrogens with zero attached hydrogens (tertiary/aromatic N) is 2. The standard InChI is InChI=1S/C14H17N3OS3/c1-3-19-14-17-16-13(21-14)15-12(18)10-7-20-11-6-8(2)4-5-9(10)11/h7-8H,3-6H2,1-2H3,(H,15,16,18)/t8-/m0/s1. The Labute approximate surface area is 136 Å². The Hall–Kier alpha value is -0.920. The first kappa shape index (κ1) is 15.0. The molecule has 1 N–H and O–H groups in total.